The molecular weight excluding hydrogens is 317 g/mol. The van der Waals surface area contributed by atoms with Crippen LogP contribution < -0.4 is 0 Å². The van der Waals surface area contributed by atoms with E-state index in [1.807, 2.05) is 0 Å². The van der Waals surface area contributed by atoms with Crippen molar-refractivity contribution in [1.82, 2.24) is 14.8 Å². The topological polar surface area (TPSA) is 69.4 Å². The number of aliphatic hydroxyl groups excluding tert-OH is 1. The molecule has 1 aromatic carbocycles. The van der Waals surface area contributed by atoms with Gasteiger partial charge in [-0.25, -0.2) is 9.67 Å². The summed E-state index contributed by atoms with van der Waals surface area (Å²) in [7, 11) is 0. The molecule has 1 fully saturated rings. The van der Waals surface area contributed by atoms with Gasteiger partial charge in [-0.1, -0.05) is 29.3 Å². The molecule has 8 heteroatoms. The molecule has 21 heavy (non-hydrogen) atoms. The van der Waals surface area contributed by atoms with E-state index in [1.165, 1.54) is 6.33 Å². The molecule has 2 aromatic rings. The lowest BCUT2D eigenvalue weighted by atomic mass is 10.1. The standard InChI is InChI=1S/C13H13Cl2N3O3/c14-9-1-2-11(12(15)3-9)13(6-18-8-16-7-17-18)20-5-10(4-19)21-13/h1-3,7-8,10,19H,4-6H2/t10?,13-/m0/s1. The van der Waals surface area contributed by atoms with E-state index in [4.69, 9.17) is 32.7 Å². The van der Waals surface area contributed by atoms with E-state index in [0.717, 1.165) is 0 Å². The second-order valence-electron chi connectivity index (χ2n) is 4.70. The summed E-state index contributed by atoms with van der Waals surface area (Å²) in [4.78, 5) is 3.90. The molecule has 0 bridgehead atoms. The van der Waals surface area contributed by atoms with Crippen LogP contribution in [0.2, 0.25) is 10.0 Å². The maximum atomic E-state index is 9.29. The molecule has 0 spiro atoms. The van der Waals surface area contributed by atoms with E-state index in [-0.39, 0.29) is 19.8 Å². The van der Waals surface area contributed by atoms with Gasteiger partial charge < -0.3 is 14.6 Å². The lowest BCUT2D eigenvalue weighted by Crippen LogP contribution is -2.34. The third-order valence-corrected chi connectivity index (χ3v) is 3.79. The Kier molecular flexibility index (Phi) is 4.14. The molecule has 2 atom stereocenters. The number of aromatic nitrogens is 3. The number of hydrogen-bond acceptors (Lipinski definition) is 5. The van der Waals surface area contributed by atoms with Crippen LogP contribution in [-0.2, 0) is 21.8 Å². The van der Waals surface area contributed by atoms with Crippen molar-refractivity contribution in [3.8, 4) is 0 Å². The van der Waals surface area contributed by atoms with Gasteiger partial charge in [-0.2, -0.15) is 5.10 Å². The third kappa shape index (κ3) is 2.90. The molecule has 6 nitrogen and oxygen atoms in total. The molecule has 1 aliphatic rings. The predicted octanol–water partition coefficient (Wildman–Crippen LogP) is 1.85. The van der Waals surface area contributed by atoms with Crippen LogP contribution in [0, 0.1) is 0 Å². The fraction of sp³-hybridized carbons (Fsp3) is 0.385. The molecule has 1 N–H and O–H groups in total. The Morgan fingerprint density at radius 3 is 2.90 bits per heavy atom. The average Bonchev–Trinajstić information content (AvgIpc) is 3.09. The predicted molar refractivity (Wildman–Crippen MR) is 76.1 cm³/mol. The number of hydrogen-bond donors (Lipinski definition) is 1. The smallest absolute Gasteiger partial charge is 0.217 e. The second-order valence-corrected chi connectivity index (χ2v) is 5.55. The van der Waals surface area contributed by atoms with Crippen LogP contribution >= 0.6 is 23.2 Å². The van der Waals surface area contributed by atoms with Crippen LogP contribution in [0.5, 0.6) is 0 Å². The van der Waals surface area contributed by atoms with Crippen LogP contribution in [0.25, 0.3) is 0 Å². The van der Waals surface area contributed by atoms with E-state index < -0.39 is 11.9 Å². The first-order valence-corrected chi connectivity index (χ1v) is 7.09. The molecule has 1 unspecified atom stereocenters. The van der Waals surface area contributed by atoms with Crippen molar-refractivity contribution in [1.29, 1.82) is 0 Å². The van der Waals surface area contributed by atoms with Gasteiger partial charge in [0.25, 0.3) is 0 Å². The Hall–Kier alpha value is -1.18. The molecule has 1 aliphatic heterocycles. The van der Waals surface area contributed by atoms with Gasteiger partial charge in [-0.05, 0) is 12.1 Å². The SMILES string of the molecule is OCC1CO[C@](Cn2cncn2)(c2ccc(Cl)cc2Cl)O1. The lowest BCUT2D eigenvalue weighted by Gasteiger charge is -2.29. The molecule has 2 heterocycles. The number of rotatable bonds is 4. The third-order valence-electron chi connectivity index (χ3n) is 3.24. The van der Waals surface area contributed by atoms with Crippen LogP contribution in [0.4, 0.5) is 0 Å². The van der Waals surface area contributed by atoms with Gasteiger partial charge in [-0.15, -0.1) is 0 Å². The highest BCUT2D eigenvalue weighted by atomic mass is 35.5. The van der Waals surface area contributed by atoms with Crippen LogP contribution in [-0.4, -0.2) is 39.2 Å². The highest BCUT2D eigenvalue weighted by Crippen LogP contribution is 2.40. The molecule has 3 rings (SSSR count). The number of aliphatic hydroxyl groups is 1. The van der Waals surface area contributed by atoms with Crippen molar-refractivity contribution >= 4 is 23.2 Å². The summed E-state index contributed by atoms with van der Waals surface area (Å²) in [5.41, 5.74) is 0.639. The molecule has 1 saturated heterocycles. The van der Waals surface area contributed by atoms with Crippen LogP contribution in [0.1, 0.15) is 5.56 Å². The van der Waals surface area contributed by atoms with Crippen molar-refractivity contribution < 1.29 is 14.6 Å². The fourth-order valence-corrected chi connectivity index (χ4v) is 2.84. The molecule has 112 valence electrons. The largest absolute Gasteiger partial charge is 0.394 e. The van der Waals surface area contributed by atoms with Crippen LogP contribution in [0.3, 0.4) is 0 Å². The highest BCUT2D eigenvalue weighted by molar-refractivity contribution is 6.35. The quantitative estimate of drug-likeness (QED) is 0.926. The van der Waals surface area contributed by atoms with E-state index in [9.17, 15) is 5.11 Å². The molecule has 1 aromatic heterocycles. The maximum Gasteiger partial charge on any atom is 0.217 e. The van der Waals surface area contributed by atoms with Gasteiger partial charge in [0, 0.05) is 10.6 Å². The zero-order chi connectivity index (χ0) is 14.9. The molecule has 0 amide bonds. The van der Waals surface area contributed by atoms with E-state index in [2.05, 4.69) is 10.1 Å². The normalized spacial score (nSPS) is 25.4. The first-order valence-electron chi connectivity index (χ1n) is 6.33. The van der Waals surface area contributed by atoms with Gasteiger partial charge in [0.1, 0.15) is 25.3 Å². The Bertz CT molecular complexity index is 623. The minimum atomic E-state index is -1.12. The number of ether oxygens (including phenoxy) is 2. The Morgan fingerprint density at radius 2 is 2.29 bits per heavy atom. The number of benzene rings is 1. The van der Waals surface area contributed by atoms with E-state index in [1.54, 1.807) is 29.2 Å². The van der Waals surface area contributed by atoms with Gasteiger partial charge in [0.05, 0.1) is 18.2 Å². The van der Waals surface area contributed by atoms with Gasteiger partial charge in [0.15, 0.2) is 0 Å². The fourth-order valence-electron chi connectivity index (χ4n) is 2.29. The first-order chi connectivity index (χ1) is 10.1. The summed E-state index contributed by atoms with van der Waals surface area (Å²) in [5.74, 6) is -1.12. The molecule has 0 saturated carbocycles. The summed E-state index contributed by atoms with van der Waals surface area (Å²) < 4.78 is 13.3. The highest BCUT2D eigenvalue weighted by Gasteiger charge is 2.45. The Morgan fingerprint density at radius 1 is 1.43 bits per heavy atom. The maximum absolute atomic E-state index is 9.29. The second kappa shape index (κ2) is 5.90. The lowest BCUT2D eigenvalue weighted by molar-refractivity contribution is -0.191. The number of nitrogens with zero attached hydrogens (tertiary/aromatic N) is 3. The summed E-state index contributed by atoms with van der Waals surface area (Å²) >= 11 is 12.2. The monoisotopic (exact) mass is 329 g/mol. The van der Waals surface area contributed by atoms with Crippen molar-refractivity contribution in [2.24, 2.45) is 0 Å². The van der Waals surface area contributed by atoms with E-state index >= 15 is 0 Å². The van der Waals surface area contributed by atoms with Gasteiger partial charge in [-0.3, -0.25) is 0 Å². The summed E-state index contributed by atoms with van der Waals surface area (Å²) in [5, 5.41) is 14.3. The minimum Gasteiger partial charge on any atom is -0.394 e. The molecule has 0 aliphatic carbocycles. The van der Waals surface area contributed by atoms with Crippen LogP contribution in [0.15, 0.2) is 30.9 Å². The average molecular weight is 330 g/mol. The van der Waals surface area contributed by atoms with Gasteiger partial charge in [0.2, 0.25) is 5.79 Å². The number of halogens is 2. The van der Waals surface area contributed by atoms with E-state index in [0.29, 0.717) is 15.6 Å². The first kappa shape index (κ1) is 14.7. The van der Waals surface area contributed by atoms with Crippen molar-refractivity contribution in [2.45, 2.75) is 18.4 Å². The zero-order valence-electron chi connectivity index (χ0n) is 10.9. The van der Waals surface area contributed by atoms with Gasteiger partial charge >= 0.3 is 0 Å². The summed E-state index contributed by atoms with van der Waals surface area (Å²) in [6.45, 7) is 0.402. The van der Waals surface area contributed by atoms with Crippen molar-refractivity contribution in [3.63, 3.8) is 0 Å². The zero-order valence-corrected chi connectivity index (χ0v) is 12.5. The summed E-state index contributed by atoms with van der Waals surface area (Å²) in [6.07, 6.45) is 2.57. The molecule has 0 radical (unpaired) electrons. The van der Waals surface area contributed by atoms with Crippen molar-refractivity contribution in [3.05, 3.63) is 46.5 Å². The Labute approximate surface area is 131 Å². The molecular formula is C13H13Cl2N3O3. The minimum absolute atomic E-state index is 0.135. The summed E-state index contributed by atoms with van der Waals surface area (Å²) in [6, 6.07) is 5.09. The Balaban J connectivity index is 1.99. The van der Waals surface area contributed by atoms with Crippen molar-refractivity contribution in [2.75, 3.05) is 13.2 Å².